The zero-order valence-corrected chi connectivity index (χ0v) is 38.3. The Morgan fingerprint density at radius 1 is 0.909 bits per heavy atom. The SMILES string of the molecule is CS(=O)(=O)c1ccccc1Nc1nc(Nc2ccc(C3CCN(C(=O)N[C@H]4CC[C@H](NCCOCCC#Cc5cccc6c5CN(C5CCC(=O)NC5=O)C6=O)CC4)CC3)cc2)ncc1Cl. The van der Waals surface area contributed by atoms with Crippen molar-refractivity contribution in [1.82, 2.24) is 35.7 Å². The smallest absolute Gasteiger partial charge is 0.317 e. The summed E-state index contributed by atoms with van der Waals surface area (Å²) in [6.07, 6.45) is 9.24. The predicted octanol–water partition coefficient (Wildman–Crippen LogP) is 6.03. The Bertz CT molecular complexity index is 2620. The van der Waals surface area contributed by atoms with Crippen LogP contribution in [0.25, 0.3) is 0 Å². The summed E-state index contributed by atoms with van der Waals surface area (Å²) in [6, 6.07) is 20.0. The number of halogens is 1. The molecule has 3 fully saturated rings. The number of imide groups is 1. The molecule has 2 saturated heterocycles. The van der Waals surface area contributed by atoms with E-state index in [0.29, 0.717) is 74.8 Å². The van der Waals surface area contributed by atoms with Crippen molar-refractivity contribution in [2.45, 2.75) is 93.3 Å². The Morgan fingerprint density at radius 2 is 1.67 bits per heavy atom. The fourth-order valence-electron chi connectivity index (χ4n) is 9.05. The van der Waals surface area contributed by atoms with Gasteiger partial charge in [-0.25, -0.2) is 18.2 Å². The Labute approximate surface area is 389 Å². The molecule has 346 valence electrons. The van der Waals surface area contributed by atoms with Crippen LogP contribution in [-0.4, -0.2) is 109 Å². The number of nitrogens with one attached hydrogen (secondary N) is 5. The van der Waals surface area contributed by atoms with Crippen LogP contribution in [0.15, 0.2) is 77.8 Å². The number of benzene rings is 3. The number of aromatic nitrogens is 2. The maximum absolute atomic E-state index is 13.2. The third-order valence-electron chi connectivity index (χ3n) is 12.6. The average Bonchev–Trinajstić information content (AvgIpc) is 3.65. The van der Waals surface area contributed by atoms with Crippen molar-refractivity contribution < 1.29 is 32.3 Å². The molecule has 1 unspecified atom stereocenters. The van der Waals surface area contributed by atoms with Crippen molar-refractivity contribution in [3.05, 3.63) is 100 Å². The molecule has 5 N–H and O–H groups in total. The largest absolute Gasteiger partial charge is 0.379 e. The average molecular weight is 937 g/mol. The highest BCUT2D eigenvalue weighted by Crippen LogP contribution is 2.33. The number of anilines is 4. The molecule has 8 rings (SSSR count). The molecule has 18 heteroatoms. The number of fused-ring (bicyclic) bond motifs is 1. The van der Waals surface area contributed by atoms with Gasteiger partial charge in [-0.05, 0) is 98.4 Å². The van der Waals surface area contributed by atoms with Gasteiger partial charge in [0.15, 0.2) is 15.7 Å². The van der Waals surface area contributed by atoms with E-state index in [1.807, 2.05) is 23.1 Å². The maximum atomic E-state index is 13.2. The van der Waals surface area contributed by atoms with Gasteiger partial charge in [-0.15, -0.1) is 0 Å². The molecular weight excluding hydrogens is 882 g/mol. The van der Waals surface area contributed by atoms with Crippen LogP contribution in [0, 0.1) is 11.8 Å². The lowest BCUT2D eigenvalue weighted by atomic mass is 9.89. The first kappa shape index (κ1) is 46.5. The second-order valence-electron chi connectivity index (χ2n) is 17.1. The number of hydrogen-bond acceptors (Lipinski definition) is 12. The van der Waals surface area contributed by atoms with E-state index in [-0.39, 0.29) is 46.0 Å². The van der Waals surface area contributed by atoms with E-state index >= 15 is 0 Å². The first-order valence-corrected chi connectivity index (χ1v) is 24.7. The minimum atomic E-state index is -3.48. The molecule has 0 radical (unpaired) electrons. The molecular formula is C48H54ClN9O7S. The van der Waals surface area contributed by atoms with E-state index in [2.05, 4.69) is 60.5 Å². The number of nitrogens with zero attached hydrogens (tertiary/aromatic N) is 4. The lowest BCUT2D eigenvalue weighted by Gasteiger charge is -2.35. The molecule has 1 atom stereocenters. The summed E-state index contributed by atoms with van der Waals surface area (Å²) >= 11 is 6.36. The van der Waals surface area contributed by atoms with Gasteiger partial charge in [-0.2, -0.15) is 4.98 Å². The molecule has 1 aromatic heterocycles. The van der Waals surface area contributed by atoms with Crippen LogP contribution < -0.4 is 26.6 Å². The van der Waals surface area contributed by atoms with Gasteiger partial charge in [0.25, 0.3) is 5.91 Å². The van der Waals surface area contributed by atoms with Crippen LogP contribution >= 0.6 is 11.6 Å². The fourth-order valence-corrected chi connectivity index (χ4v) is 10.0. The van der Waals surface area contributed by atoms with Gasteiger partial charge in [0.05, 0.1) is 30.0 Å². The van der Waals surface area contributed by atoms with Crippen molar-refractivity contribution >= 4 is 68.3 Å². The highest BCUT2D eigenvalue weighted by Gasteiger charge is 2.39. The number of sulfone groups is 1. The molecule has 4 heterocycles. The zero-order chi connectivity index (χ0) is 46.2. The van der Waals surface area contributed by atoms with E-state index in [4.69, 9.17) is 16.3 Å². The standard InChI is InChI=1S/C48H54ClN9O7S/c1-66(63,64)42-11-3-2-10-40(42)54-44-39(49)29-51-47(56-44)52-35-14-12-31(13-15-35)32-22-25-57(26-23-32)48(62)53-36-18-16-34(17-19-36)50-24-28-65-27-5-4-7-33-8-6-9-37-38(33)30-58(46(37)61)41-20-21-43(59)55-45(41)60/h2-3,6,8-15,29,32,34,36,41,50H,5,16-28,30H2,1H3,(H,53,62)(H,55,59,60)(H2,51,52,54,56)/t34-,36-,41?. The summed E-state index contributed by atoms with van der Waals surface area (Å²) in [5.74, 6) is 6.31. The van der Waals surface area contributed by atoms with Gasteiger partial charge < -0.3 is 35.8 Å². The van der Waals surface area contributed by atoms with Crippen LogP contribution in [0.4, 0.5) is 27.9 Å². The molecule has 4 aliphatic rings. The Kier molecular flexibility index (Phi) is 14.8. The van der Waals surface area contributed by atoms with E-state index in [1.54, 1.807) is 30.3 Å². The van der Waals surface area contributed by atoms with Crippen molar-refractivity contribution in [2.75, 3.05) is 49.7 Å². The third-order valence-corrected chi connectivity index (χ3v) is 14.0. The monoisotopic (exact) mass is 935 g/mol. The van der Waals surface area contributed by atoms with Gasteiger partial charge in [-0.1, -0.05) is 53.8 Å². The number of urea groups is 1. The normalized spacial score (nSPS) is 20.0. The minimum Gasteiger partial charge on any atom is -0.379 e. The van der Waals surface area contributed by atoms with E-state index in [0.717, 1.165) is 68.1 Å². The van der Waals surface area contributed by atoms with Crippen LogP contribution in [0.1, 0.15) is 90.8 Å². The van der Waals surface area contributed by atoms with Gasteiger partial charge in [-0.3, -0.25) is 19.7 Å². The highest BCUT2D eigenvalue weighted by molar-refractivity contribution is 7.90. The lowest BCUT2D eigenvalue weighted by Crippen LogP contribution is -2.52. The predicted molar refractivity (Wildman–Crippen MR) is 251 cm³/mol. The molecule has 0 bridgehead atoms. The first-order chi connectivity index (χ1) is 31.9. The zero-order valence-electron chi connectivity index (χ0n) is 36.8. The number of rotatable bonds is 14. The molecule has 5 amide bonds. The summed E-state index contributed by atoms with van der Waals surface area (Å²) in [4.78, 5) is 62.7. The van der Waals surface area contributed by atoms with E-state index < -0.39 is 21.8 Å². The minimum absolute atomic E-state index is 0.0110. The number of hydrogen-bond donors (Lipinski definition) is 5. The van der Waals surface area contributed by atoms with Gasteiger partial charge in [0.1, 0.15) is 11.1 Å². The molecule has 16 nitrogen and oxygen atoms in total. The summed E-state index contributed by atoms with van der Waals surface area (Å²) in [7, 11) is -3.48. The summed E-state index contributed by atoms with van der Waals surface area (Å²) < 4.78 is 30.4. The maximum Gasteiger partial charge on any atom is 0.317 e. The first-order valence-electron chi connectivity index (χ1n) is 22.5. The summed E-state index contributed by atoms with van der Waals surface area (Å²) in [5, 5.41) is 15.7. The number of carbonyl (C=O) groups excluding carboxylic acids is 4. The topological polar surface area (TPSA) is 204 Å². The molecule has 4 aromatic rings. The highest BCUT2D eigenvalue weighted by atomic mass is 35.5. The Hall–Kier alpha value is -6.06. The van der Waals surface area contributed by atoms with Crippen molar-refractivity contribution in [1.29, 1.82) is 0 Å². The van der Waals surface area contributed by atoms with Gasteiger partial charge >= 0.3 is 6.03 Å². The fraction of sp³-hybridized carbons (Fsp3) is 0.417. The number of piperidine rings is 2. The van der Waals surface area contributed by atoms with Crippen molar-refractivity contribution in [3.63, 3.8) is 0 Å². The number of amides is 5. The van der Waals surface area contributed by atoms with Crippen LogP contribution in [0.2, 0.25) is 5.02 Å². The molecule has 1 saturated carbocycles. The summed E-state index contributed by atoms with van der Waals surface area (Å²) in [6.45, 7) is 3.46. The molecule has 3 aromatic carbocycles. The number of carbonyl (C=O) groups is 4. The van der Waals surface area contributed by atoms with Crippen LogP contribution in [0.5, 0.6) is 0 Å². The van der Waals surface area contributed by atoms with Crippen LogP contribution in [-0.2, 0) is 30.7 Å². The lowest BCUT2D eigenvalue weighted by molar-refractivity contribution is -0.136. The molecule has 0 spiro atoms. The number of likely N-dealkylation sites (tertiary alicyclic amines) is 1. The van der Waals surface area contributed by atoms with Crippen molar-refractivity contribution in [3.8, 4) is 11.8 Å². The quantitative estimate of drug-likeness (QED) is 0.0559. The van der Waals surface area contributed by atoms with Crippen molar-refractivity contribution in [2.24, 2.45) is 0 Å². The van der Waals surface area contributed by atoms with Crippen LogP contribution in [0.3, 0.4) is 0 Å². The van der Waals surface area contributed by atoms with Gasteiger partial charge in [0.2, 0.25) is 17.8 Å². The third kappa shape index (κ3) is 11.5. The van der Waals surface area contributed by atoms with Gasteiger partial charge in [0, 0.05) is 74.2 Å². The Morgan fingerprint density at radius 3 is 2.42 bits per heavy atom. The molecule has 66 heavy (non-hydrogen) atoms. The summed E-state index contributed by atoms with van der Waals surface area (Å²) in [5.41, 5.74) is 4.48. The Balaban J connectivity index is 0.697. The van der Waals surface area contributed by atoms with E-state index in [9.17, 15) is 27.6 Å². The second kappa shape index (κ2) is 21.1. The molecule has 1 aliphatic carbocycles. The number of ether oxygens (including phenoxy) is 1. The van der Waals surface area contributed by atoms with E-state index in [1.165, 1.54) is 22.7 Å². The molecule has 3 aliphatic heterocycles. The second-order valence-corrected chi connectivity index (χ2v) is 19.5. The number of para-hydroxylation sites is 1.